The molecule has 0 bridgehead atoms. The maximum atomic E-state index is 9.72. The van der Waals surface area contributed by atoms with Gasteiger partial charge in [-0.15, -0.1) is 17.9 Å². The number of rotatable bonds is 3. The van der Waals surface area contributed by atoms with Gasteiger partial charge in [0.05, 0.1) is 6.10 Å². The predicted octanol–water partition coefficient (Wildman–Crippen LogP) is 2.85. The van der Waals surface area contributed by atoms with Crippen LogP contribution >= 0.6 is 11.3 Å². The van der Waals surface area contributed by atoms with Gasteiger partial charge < -0.3 is 5.11 Å². The van der Waals surface area contributed by atoms with Crippen molar-refractivity contribution in [2.45, 2.75) is 31.8 Å². The zero-order chi connectivity index (χ0) is 9.26. The number of hydrogen-bond acceptors (Lipinski definition) is 2. The molecule has 0 amide bonds. The average molecular weight is 194 g/mol. The van der Waals surface area contributed by atoms with Crippen LogP contribution in [0.3, 0.4) is 0 Å². The summed E-state index contributed by atoms with van der Waals surface area (Å²) in [5, 5.41) is 9.72. The second-order valence-corrected chi connectivity index (χ2v) is 4.66. The van der Waals surface area contributed by atoms with E-state index >= 15 is 0 Å². The Bertz CT molecular complexity index is 292. The fourth-order valence-corrected chi connectivity index (χ4v) is 3.05. The monoisotopic (exact) mass is 194 g/mol. The first kappa shape index (κ1) is 8.97. The third-order valence-electron chi connectivity index (χ3n) is 2.48. The summed E-state index contributed by atoms with van der Waals surface area (Å²) in [6.07, 6.45) is 5.81. The molecular weight excluding hydrogens is 180 g/mol. The predicted molar refractivity (Wildman–Crippen MR) is 56.1 cm³/mol. The van der Waals surface area contributed by atoms with Crippen LogP contribution in [0.1, 0.15) is 34.3 Å². The molecule has 1 heterocycles. The van der Waals surface area contributed by atoms with Crippen LogP contribution in [0.15, 0.2) is 18.7 Å². The number of hydrogen-bond donors (Lipinski definition) is 1. The second-order valence-electron chi connectivity index (χ2n) is 3.49. The number of fused-ring (bicyclic) bond motifs is 1. The molecule has 0 saturated heterocycles. The van der Waals surface area contributed by atoms with Crippen LogP contribution < -0.4 is 0 Å². The molecule has 0 radical (unpaired) electrons. The van der Waals surface area contributed by atoms with Gasteiger partial charge in [0, 0.05) is 9.75 Å². The van der Waals surface area contributed by atoms with Crippen molar-refractivity contribution in [2.75, 3.05) is 0 Å². The third-order valence-corrected chi connectivity index (χ3v) is 3.82. The number of aliphatic hydroxyl groups is 1. The fraction of sp³-hybridized carbons (Fsp3) is 0.455. The van der Waals surface area contributed by atoms with Crippen LogP contribution in [0.5, 0.6) is 0 Å². The van der Waals surface area contributed by atoms with Gasteiger partial charge in [-0.1, -0.05) is 6.08 Å². The molecule has 0 aromatic carbocycles. The molecule has 2 rings (SSSR count). The Morgan fingerprint density at radius 3 is 3.15 bits per heavy atom. The highest BCUT2D eigenvalue weighted by atomic mass is 32.1. The van der Waals surface area contributed by atoms with Crippen molar-refractivity contribution in [3.63, 3.8) is 0 Å². The largest absolute Gasteiger partial charge is 0.387 e. The van der Waals surface area contributed by atoms with Crippen LogP contribution in [0.4, 0.5) is 0 Å². The molecule has 13 heavy (non-hydrogen) atoms. The second kappa shape index (κ2) is 3.64. The van der Waals surface area contributed by atoms with E-state index in [9.17, 15) is 5.11 Å². The first-order valence-corrected chi connectivity index (χ1v) is 5.53. The van der Waals surface area contributed by atoms with E-state index in [1.54, 1.807) is 17.4 Å². The van der Waals surface area contributed by atoms with E-state index in [2.05, 4.69) is 12.6 Å². The van der Waals surface area contributed by atoms with Gasteiger partial charge >= 0.3 is 0 Å². The van der Waals surface area contributed by atoms with E-state index in [1.807, 2.05) is 0 Å². The van der Waals surface area contributed by atoms with Crippen molar-refractivity contribution in [3.8, 4) is 0 Å². The summed E-state index contributed by atoms with van der Waals surface area (Å²) >= 11 is 1.77. The molecule has 1 unspecified atom stereocenters. The highest BCUT2D eigenvalue weighted by Gasteiger charge is 2.17. The van der Waals surface area contributed by atoms with E-state index in [0.29, 0.717) is 6.42 Å². The van der Waals surface area contributed by atoms with E-state index in [-0.39, 0.29) is 6.10 Å². The number of aliphatic hydroxyl groups excluding tert-OH is 1. The molecule has 0 saturated carbocycles. The molecule has 0 spiro atoms. The standard InChI is InChI=1S/C11H14OS/c1-2-4-9(12)11-7-8-5-3-6-10(8)13-11/h2,7,9,12H,1,3-6H2. The lowest BCUT2D eigenvalue weighted by atomic mass is 10.2. The lowest BCUT2D eigenvalue weighted by Gasteiger charge is -2.03. The Hall–Kier alpha value is -0.600. The lowest BCUT2D eigenvalue weighted by molar-refractivity contribution is 0.185. The van der Waals surface area contributed by atoms with Crippen LogP contribution in [0.2, 0.25) is 0 Å². The molecule has 2 heteroatoms. The Balaban J connectivity index is 2.17. The SMILES string of the molecule is C=CCC(O)c1cc2c(s1)CCC2. The van der Waals surface area contributed by atoms with Gasteiger partial charge in [-0.2, -0.15) is 0 Å². The normalized spacial score (nSPS) is 17.0. The van der Waals surface area contributed by atoms with Gasteiger partial charge in [0.1, 0.15) is 0 Å². The van der Waals surface area contributed by atoms with Gasteiger partial charge in [0.15, 0.2) is 0 Å². The minimum atomic E-state index is -0.326. The summed E-state index contributed by atoms with van der Waals surface area (Å²) in [6.45, 7) is 3.63. The van der Waals surface area contributed by atoms with Gasteiger partial charge in [0.25, 0.3) is 0 Å². The molecule has 1 atom stereocenters. The Morgan fingerprint density at radius 1 is 1.62 bits per heavy atom. The average Bonchev–Trinajstić information content (AvgIpc) is 2.61. The molecular formula is C11H14OS. The summed E-state index contributed by atoms with van der Waals surface area (Å²) in [5.41, 5.74) is 1.46. The molecule has 1 aliphatic rings. The smallest absolute Gasteiger partial charge is 0.0916 e. The molecule has 0 fully saturated rings. The zero-order valence-electron chi connectivity index (χ0n) is 7.62. The highest BCUT2D eigenvalue weighted by Crippen LogP contribution is 2.34. The first-order valence-electron chi connectivity index (χ1n) is 4.71. The molecule has 1 aliphatic carbocycles. The first-order chi connectivity index (χ1) is 6.31. The van der Waals surface area contributed by atoms with E-state index < -0.39 is 0 Å². The maximum absolute atomic E-state index is 9.72. The molecule has 1 aromatic rings. The molecule has 1 aromatic heterocycles. The fourth-order valence-electron chi connectivity index (χ4n) is 1.79. The molecule has 1 N–H and O–H groups in total. The zero-order valence-corrected chi connectivity index (χ0v) is 8.44. The Morgan fingerprint density at radius 2 is 2.46 bits per heavy atom. The van der Waals surface area contributed by atoms with E-state index in [0.717, 1.165) is 4.88 Å². The molecule has 0 aliphatic heterocycles. The van der Waals surface area contributed by atoms with Crippen LogP contribution in [-0.2, 0) is 12.8 Å². The minimum Gasteiger partial charge on any atom is -0.387 e. The quantitative estimate of drug-likeness (QED) is 0.734. The van der Waals surface area contributed by atoms with Crippen molar-refractivity contribution in [3.05, 3.63) is 34.0 Å². The minimum absolute atomic E-state index is 0.326. The maximum Gasteiger partial charge on any atom is 0.0916 e. The van der Waals surface area contributed by atoms with E-state index in [4.69, 9.17) is 0 Å². The van der Waals surface area contributed by atoms with Gasteiger partial charge in [-0.05, 0) is 37.3 Å². The van der Waals surface area contributed by atoms with Crippen LogP contribution in [-0.4, -0.2) is 5.11 Å². The van der Waals surface area contributed by atoms with Gasteiger partial charge in [-0.25, -0.2) is 0 Å². The summed E-state index contributed by atoms with van der Waals surface area (Å²) in [6, 6.07) is 2.17. The third kappa shape index (κ3) is 1.69. The number of aryl methyl sites for hydroxylation is 2. The van der Waals surface area contributed by atoms with Crippen molar-refractivity contribution < 1.29 is 5.11 Å². The topological polar surface area (TPSA) is 20.2 Å². The Kier molecular flexibility index (Phi) is 2.51. The van der Waals surface area contributed by atoms with Gasteiger partial charge in [-0.3, -0.25) is 0 Å². The molecule has 70 valence electrons. The highest BCUT2D eigenvalue weighted by molar-refractivity contribution is 7.12. The van der Waals surface area contributed by atoms with Crippen LogP contribution in [0, 0.1) is 0 Å². The summed E-state index contributed by atoms with van der Waals surface area (Å²) in [7, 11) is 0. The van der Waals surface area contributed by atoms with Gasteiger partial charge in [0.2, 0.25) is 0 Å². The molecule has 1 nitrogen and oxygen atoms in total. The Labute approximate surface area is 82.7 Å². The summed E-state index contributed by atoms with van der Waals surface area (Å²) < 4.78 is 0. The summed E-state index contributed by atoms with van der Waals surface area (Å²) in [4.78, 5) is 2.60. The van der Waals surface area contributed by atoms with Crippen molar-refractivity contribution >= 4 is 11.3 Å². The summed E-state index contributed by atoms with van der Waals surface area (Å²) in [5.74, 6) is 0. The van der Waals surface area contributed by atoms with Crippen molar-refractivity contribution in [2.24, 2.45) is 0 Å². The van der Waals surface area contributed by atoms with E-state index in [1.165, 1.54) is 29.7 Å². The van der Waals surface area contributed by atoms with Crippen LogP contribution in [0.25, 0.3) is 0 Å². The lowest BCUT2D eigenvalue weighted by Crippen LogP contribution is -1.91. The van der Waals surface area contributed by atoms with Crippen molar-refractivity contribution in [1.29, 1.82) is 0 Å². The number of thiophene rings is 1. The van der Waals surface area contributed by atoms with Crippen molar-refractivity contribution in [1.82, 2.24) is 0 Å².